The SMILES string of the molecule is CC(C)CCOC(C)C1CC(=O)CC[C@]12CO2. The molecule has 1 aliphatic heterocycles. The first-order valence-corrected chi connectivity index (χ1v) is 6.81. The van der Waals surface area contributed by atoms with Gasteiger partial charge in [0, 0.05) is 25.4 Å². The fourth-order valence-corrected chi connectivity index (χ4v) is 2.72. The van der Waals surface area contributed by atoms with Gasteiger partial charge in [0.25, 0.3) is 0 Å². The van der Waals surface area contributed by atoms with Crippen molar-refractivity contribution in [2.24, 2.45) is 11.8 Å². The van der Waals surface area contributed by atoms with Crippen molar-refractivity contribution in [1.82, 2.24) is 0 Å². The highest BCUT2D eigenvalue weighted by Crippen LogP contribution is 2.47. The lowest BCUT2D eigenvalue weighted by molar-refractivity contribution is -0.126. The molecule has 0 amide bonds. The van der Waals surface area contributed by atoms with Crippen LogP contribution in [0.3, 0.4) is 0 Å². The van der Waals surface area contributed by atoms with Gasteiger partial charge in [-0.2, -0.15) is 0 Å². The quantitative estimate of drug-likeness (QED) is 0.693. The van der Waals surface area contributed by atoms with E-state index in [0.29, 0.717) is 24.5 Å². The third-order valence-corrected chi connectivity index (χ3v) is 4.11. The van der Waals surface area contributed by atoms with Crippen molar-refractivity contribution >= 4 is 5.78 Å². The number of epoxide rings is 1. The summed E-state index contributed by atoms with van der Waals surface area (Å²) in [5.41, 5.74) is -0.00877. The Morgan fingerprint density at radius 2 is 2.18 bits per heavy atom. The zero-order valence-corrected chi connectivity index (χ0v) is 11.2. The zero-order valence-electron chi connectivity index (χ0n) is 11.2. The van der Waals surface area contributed by atoms with Gasteiger partial charge in [0.15, 0.2) is 0 Å². The third kappa shape index (κ3) is 3.08. The summed E-state index contributed by atoms with van der Waals surface area (Å²) in [5, 5.41) is 0. The molecular weight excluding hydrogens is 216 g/mol. The van der Waals surface area contributed by atoms with Crippen molar-refractivity contribution in [2.45, 2.75) is 58.2 Å². The first kappa shape index (κ1) is 13.0. The Labute approximate surface area is 104 Å². The highest BCUT2D eigenvalue weighted by molar-refractivity contribution is 5.80. The minimum atomic E-state index is -0.00877. The maximum absolute atomic E-state index is 11.6. The van der Waals surface area contributed by atoms with Gasteiger partial charge in [0.1, 0.15) is 5.78 Å². The van der Waals surface area contributed by atoms with Crippen molar-refractivity contribution in [3.8, 4) is 0 Å². The number of hydrogen-bond donors (Lipinski definition) is 0. The Balaban J connectivity index is 1.84. The van der Waals surface area contributed by atoms with E-state index in [2.05, 4.69) is 20.8 Å². The van der Waals surface area contributed by atoms with Gasteiger partial charge >= 0.3 is 0 Å². The summed E-state index contributed by atoms with van der Waals surface area (Å²) in [6, 6.07) is 0. The first-order chi connectivity index (χ1) is 8.03. The van der Waals surface area contributed by atoms with E-state index >= 15 is 0 Å². The molecule has 1 saturated heterocycles. The molecule has 0 radical (unpaired) electrons. The number of hydrogen-bond acceptors (Lipinski definition) is 3. The van der Waals surface area contributed by atoms with Crippen LogP contribution in [0.4, 0.5) is 0 Å². The molecule has 0 N–H and O–H groups in total. The van der Waals surface area contributed by atoms with E-state index in [0.717, 1.165) is 26.1 Å². The van der Waals surface area contributed by atoms with Crippen LogP contribution in [0.1, 0.15) is 46.5 Å². The standard InChI is InChI=1S/C14H24O3/c1-10(2)5-7-16-11(3)13-8-12(15)4-6-14(13)9-17-14/h10-11,13H,4-9H2,1-3H3/t11?,13?,14-/m0/s1. The van der Waals surface area contributed by atoms with E-state index in [-0.39, 0.29) is 17.6 Å². The second kappa shape index (κ2) is 5.07. The van der Waals surface area contributed by atoms with Crippen molar-refractivity contribution in [2.75, 3.05) is 13.2 Å². The first-order valence-electron chi connectivity index (χ1n) is 6.81. The van der Waals surface area contributed by atoms with E-state index < -0.39 is 0 Å². The van der Waals surface area contributed by atoms with Gasteiger partial charge in [0.05, 0.1) is 18.3 Å². The summed E-state index contributed by atoms with van der Waals surface area (Å²) in [4.78, 5) is 11.6. The van der Waals surface area contributed by atoms with E-state index in [4.69, 9.17) is 9.47 Å². The predicted molar refractivity (Wildman–Crippen MR) is 65.9 cm³/mol. The summed E-state index contributed by atoms with van der Waals surface area (Å²) < 4.78 is 11.5. The molecule has 1 heterocycles. The minimum absolute atomic E-state index is 0.00877. The number of Topliss-reactive ketones (excluding diaryl/α,β-unsaturated/α-hetero) is 1. The van der Waals surface area contributed by atoms with Crippen molar-refractivity contribution in [3.63, 3.8) is 0 Å². The fourth-order valence-electron chi connectivity index (χ4n) is 2.72. The van der Waals surface area contributed by atoms with Gasteiger partial charge < -0.3 is 9.47 Å². The van der Waals surface area contributed by atoms with Crippen molar-refractivity contribution in [3.05, 3.63) is 0 Å². The van der Waals surface area contributed by atoms with Crippen LogP contribution in [-0.4, -0.2) is 30.7 Å². The van der Waals surface area contributed by atoms with Crippen LogP contribution >= 0.6 is 0 Å². The maximum Gasteiger partial charge on any atom is 0.133 e. The number of ether oxygens (including phenoxy) is 2. The van der Waals surface area contributed by atoms with Crippen LogP contribution in [0, 0.1) is 11.8 Å². The van der Waals surface area contributed by atoms with Crippen LogP contribution in [0.25, 0.3) is 0 Å². The molecule has 1 saturated carbocycles. The molecule has 2 fully saturated rings. The zero-order chi connectivity index (χ0) is 12.5. The summed E-state index contributed by atoms with van der Waals surface area (Å²) in [7, 11) is 0. The van der Waals surface area contributed by atoms with E-state index in [1.807, 2.05) is 0 Å². The molecule has 2 aliphatic rings. The summed E-state index contributed by atoms with van der Waals surface area (Å²) in [5.74, 6) is 1.31. The highest BCUT2D eigenvalue weighted by Gasteiger charge is 2.55. The van der Waals surface area contributed by atoms with Gasteiger partial charge in [0.2, 0.25) is 0 Å². The average Bonchev–Trinajstić information content (AvgIpc) is 3.02. The molecule has 3 nitrogen and oxygen atoms in total. The van der Waals surface area contributed by atoms with Crippen LogP contribution in [0.5, 0.6) is 0 Å². The summed E-state index contributed by atoms with van der Waals surface area (Å²) in [6.07, 6.45) is 3.45. The molecule has 3 atom stereocenters. The lowest BCUT2D eigenvalue weighted by atomic mass is 9.76. The van der Waals surface area contributed by atoms with E-state index in [9.17, 15) is 4.79 Å². The normalized spacial score (nSPS) is 34.4. The smallest absolute Gasteiger partial charge is 0.133 e. The predicted octanol–water partition coefficient (Wildman–Crippen LogP) is 2.58. The molecule has 2 unspecified atom stereocenters. The van der Waals surface area contributed by atoms with Crippen LogP contribution in [0.2, 0.25) is 0 Å². The van der Waals surface area contributed by atoms with Gasteiger partial charge in [-0.1, -0.05) is 13.8 Å². The Kier molecular flexibility index (Phi) is 3.88. The average molecular weight is 240 g/mol. The van der Waals surface area contributed by atoms with Gasteiger partial charge in [-0.25, -0.2) is 0 Å². The maximum atomic E-state index is 11.6. The number of carbonyl (C=O) groups excluding carboxylic acids is 1. The Morgan fingerprint density at radius 3 is 2.76 bits per heavy atom. The lowest BCUT2D eigenvalue weighted by Crippen LogP contribution is -2.40. The number of ketones is 1. The molecule has 1 aliphatic carbocycles. The van der Waals surface area contributed by atoms with Crippen LogP contribution in [0.15, 0.2) is 0 Å². The van der Waals surface area contributed by atoms with Crippen LogP contribution < -0.4 is 0 Å². The molecular formula is C14H24O3. The summed E-state index contributed by atoms with van der Waals surface area (Å²) >= 11 is 0. The van der Waals surface area contributed by atoms with Gasteiger partial charge in [-0.3, -0.25) is 4.79 Å². The molecule has 17 heavy (non-hydrogen) atoms. The third-order valence-electron chi connectivity index (χ3n) is 4.11. The summed E-state index contributed by atoms with van der Waals surface area (Å²) in [6.45, 7) is 8.10. The lowest BCUT2D eigenvalue weighted by Gasteiger charge is -2.32. The minimum Gasteiger partial charge on any atom is -0.378 e. The largest absolute Gasteiger partial charge is 0.378 e. The molecule has 3 heteroatoms. The topological polar surface area (TPSA) is 38.8 Å². The Hall–Kier alpha value is -0.410. The fraction of sp³-hybridized carbons (Fsp3) is 0.929. The monoisotopic (exact) mass is 240 g/mol. The van der Waals surface area contributed by atoms with Gasteiger partial charge in [-0.05, 0) is 25.7 Å². The second-order valence-corrected chi connectivity index (χ2v) is 5.96. The molecule has 0 aromatic heterocycles. The highest BCUT2D eigenvalue weighted by atomic mass is 16.6. The number of carbonyl (C=O) groups is 1. The molecule has 0 aromatic rings. The van der Waals surface area contributed by atoms with E-state index in [1.165, 1.54) is 0 Å². The van der Waals surface area contributed by atoms with Gasteiger partial charge in [-0.15, -0.1) is 0 Å². The van der Waals surface area contributed by atoms with Crippen molar-refractivity contribution in [1.29, 1.82) is 0 Å². The second-order valence-electron chi connectivity index (χ2n) is 5.96. The molecule has 0 aromatic carbocycles. The number of rotatable bonds is 5. The Morgan fingerprint density at radius 1 is 1.47 bits per heavy atom. The van der Waals surface area contributed by atoms with Crippen molar-refractivity contribution < 1.29 is 14.3 Å². The molecule has 1 spiro atoms. The molecule has 2 rings (SSSR count). The van der Waals surface area contributed by atoms with Crippen LogP contribution in [-0.2, 0) is 14.3 Å². The molecule has 98 valence electrons. The molecule has 0 bridgehead atoms. The van der Waals surface area contributed by atoms with E-state index in [1.54, 1.807) is 0 Å². The Bertz CT molecular complexity index is 281.